The number of aliphatic hydroxyl groups is 1. The molecular weight excluding hydrogens is 170 g/mol. The SMILES string of the molecule is OCC(NC1CC1)c1cccs1. The van der Waals surface area contributed by atoms with Crippen LogP contribution in [0, 0.1) is 0 Å². The van der Waals surface area contributed by atoms with Gasteiger partial charge in [-0.3, -0.25) is 0 Å². The third kappa shape index (κ3) is 1.86. The van der Waals surface area contributed by atoms with Gasteiger partial charge in [-0.15, -0.1) is 11.3 Å². The highest BCUT2D eigenvalue weighted by Gasteiger charge is 2.25. The van der Waals surface area contributed by atoms with E-state index in [1.807, 2.05) is 11.4 Å². The van der Waals surface area contributed by atoms with E-state index in [9.17, 15) is 0 Å². The Morgan fingerprint density at radius 3 is 3.00 bits per heavy atom. The number of nitrogens with one attached hydrogen (secondary N) is 1. The summed E-state index contributed by atoms with van der Waals surface area (Å²) in [6.07, 6.45) is 2.53. The molecule has 1 atom stereocenters. The summed E-state index contributed by atoms with van der Waals surface area (Å²) in [6.45, 7) is 0.205. The van der Waals surface area contributed by atoms with E-state index >= 15 is 0 Å². The van der Waals surface area contributed by atoms with Gasteiger partial charge in [-0.05, 0) is 24.3 Å². The van der Waals surface area contributed by atoms with Gasteiger partial charge in [-0.1, -0.05) is 6.07 Å². The first-order chi connectivity index (χ1) is 5.90. The van der Waals surface area contributed by atoms with Crippen molar-refractivity contribution in [3.8, 4) is 0 Å². The van der Waals surface area contributed by atoms with Crippen LogP contribution in [0.15, 0.2) is 17.5 Å². The van der Waals surface area contributed by atoms with Crippen LogP contribution in [0.2, 0.25) is 0 Å². The van der Waals surface area contributed by atoms with E-state index < -0.39 is 0 Å². The van der Waals surface area contributed by atoms with Crippen LogP contribution >= 0.6 is 11.3 Å². The summed E-state index contributed by atoms with van der Waals surface area (Å²) in [5.41, 5.74) is 0. The van der Waals surface area contributed by atoms with Gasteiger partial charge < -0.3 is 10.4 Å². The smallest absolute Gasteiger partial charge is 0.0651 e. The topological polar surface area (TPSA) is 32.3 Å². The van der Waals surface area contributed by atoms with Crippen LogP contribution in [0.1, 0.15) is 23.8 Å². The fourth-order valence-electron chi connectivity index (χ4n) is 1.25. The van der Waals surface area contributed by atoms with Gasteiger partial charge in [0.05, 0.1) is 12.6 Å². The number of hydrogen-bond acceptors (Lipinski definition) is 3. The van der Waals surface area contributed by atoms with Crippen molar-refractivity contribution in [2.75, 3.05) is 6.61 Å². The molecule has 0 aliphatic heterocycles. The molecule has 0 bridgehead atoms. The highest BCUT2D eigenvalue weighted by atomic mass is 32.1. The van der Waals surface area contributed by atoms with Gasteiger partial charge in [0.15, 0.2) is 0 Å². The van der Waals surface area contributed by atoms with Crippen LogP contribution < -0.4 is 5.32 Å². The van der Waals surface area contributed by atoms with Crippen LogP contribution in [0.3, 0.4) is 0 Å². The summed E-state index contributed by atoms with van der Waals surface area (Å²) in [5.74, 6) is 0. The molecule has 12 heavy (non-hydrogen) atoms. The lowest BCUT2D eigenvalue weighted by Crippen LogP contribution is -2.25. The van der Waals surface area contributed by atoms with E-state index in [-0.39, 0.29) is 12.6 Å². The van der Waals surface area contributed by atoms with Crippen LogP contribution in [0.25, 0.3) is 0 Å². The van der Waals surface area contributed by atoms with Gasteiger partial charge in [-0.25, -0.2) is 0 Å². The molecule has 3 heteroatoms. The number of hydrogen-bond donors (Lipinski definition) is 2. The van der Waals surface area contributed by atoms with E-state index in [1.54, 1.807) is 11.3 Å². The van der Waals surface area contributed by atoms with E-state index in [0.29, 0.717) is 6.04 Å². The van der Waals surface area contributed by atoms with Crippen molar-refractivity contribution < 1.29 is 5.11 Å². The Kier molecular flexibility index (Phi) is 2.44. The normalized spacial score (nSPS) is 19.4. The monoisotopic (exact) mass is 183 g/mol. The number of thiophene rings is 1. The average Bonchev–Trinajstić information content (AvgIpc) is 2.74. The third-order valence-electron chi connectivity index (χ3n) is 2.08. The van der Waals surface area contributed by atoms with E-state index in [2.05, 4.69) is 11.4 Å². The summed E-state index contributed by atoms with van der Waals surface area (Å²) >= 11 is 1.70. The summed E-state index contributed by atoms with van der Waals surface area (Å²) in [4.78, 5) is 1.24. The molecule has 0 saturated heterocycles. The zero-order valence-corrected chi connectivity index (χ0v) is 7.68. The average molecular weight is 183 g/mol. The highest BCUT2D eigenvalue weighted by molar-refractivity contribution is 7.10. The maximum absolute atomic E-state index is 9.12. The van der Waals surface area contributed by atoms with Gasteiger partial charge in [0, 0.05) is 10.9 Å². The third-order valence-corrected chi connectivity index (χ3v) is 3.07. The molecule has 0 amide bonds. The summed E-state index contributed by atoms with van der Waals surface area (Å²) in [6, 6.07) is 4.92. The lowest BCUT2D eigenvalue weighted by atomic mass is 10.2. The fraction of sp³-hybridized carbons (Fsp3) is 0.556. The second-order valence-corrected chi connectivity index (χ2v) is 4.17. The van der Waals surface area contributed by atoms with Crippen molar-refractivity contribution in [3.63, 3.8) is 0 Å². The maximum Gasteiger partial charge on any atom is 0.0651 e. The van der Waals surface area contributed by atoms with Crippen molar-refractivity contribution in [3.05, 3.63) is 22.4 Å². The van der Waals surface area contributed by atoms with Crippen molar-refractivity contribution >= 4 is 11.3 Å². The molecule has 66 valence electrons. The zero-order valence-electron chi connectivity index (χ0n) is 6.86. The van der Waals surface area contributed by atoms with E-state index in [4.69, 9.17) is 5.11 Å². The van der Waals surface area contributed by atoms with Crippen LogP contribution in [-0.2, 0) is 0 Å². The second-order valence-electron chi connectivity index (χ2n) is 3.19. The van der Waals surface area contributed by atoms with Gasteiger partial charge in [0.1, 0.15) is 0 Å². The second kappa shape index (κ2) is 3.56. The molecule has 0 radical (unpaired) electrons. The summed E-state index contributed by atoms with van der Waals surface area (Å²) in [7, 11) is 0. The maximum atomic E-state index is 9.12. The number of rotatable bonds is 4. The Balaban J connectivity index is 1.97. The molecule has 1 aliphatic rings. The summed E-state index contributed by atoms with van der Waals surface area (Å²) in [5, 5.41) is 14.6. The van der Waals surface area contributed by atoms with E-state index in [0.717, 1.165) is 0 Å². The quantitative estimate of drug-likeness (QED) is 0.742. The Morgan fingerprint density at radius 1 is 1.67 bits per heavy atom. The van der Waals surface area contributed by atoms with Gasteiger partial charge in [-0.2, -0.15) is 0 Å². The molecular formula is C9H13NOS. The minimum Gasteiger partial charge on any atom is -0.394 e. The molecule has 1 saturated carbocycles. The fourth-order valence-corrected chi connectivity index (χ4v) is 2.03. The van der Waals surface area contributed by atoms with Crippen LogP contribution in [0.4, 0.5) is 0 Å². The standard InChI is InChI=1S/C9H13NOS/c11-6-8(10-7-3-4-7)9-2-1-5-12-9/h1-2,5,7-8,10-11H,3-4,6H2. The first-order valence-corrected chi connectivity index (χ1v) is 5.18. The minimum absolute atomic E-state index is 0.164. The molecule has 0 aromatic carbocycles. The molecule has 1 unspecified atom stereocenters. The lowest BCUT2D eigenvalue weighted by molar-refractivity contribution is 0.245. The van der Waals surface area contributed by atoms with Crippen LogP contribution in [0.5, 0.6) is 0 Å². The molecule has 1 heterocycles. The molecule has 2 N–H and O–H groups in total. The molecule has 2 nitrogen and oxygen atoms in total. The van der Waals surface area contributed by atoms with Gasteiger partial charge >= 0.3 is 0 Å². The Morgan fingerprint density at radius 2 is 2.50 bits per heavy atom. The first-order valence-electron chi connectivity index (χ1n) is 4.30. The first kappa shape index (κ1) is 8.23. The predicted octanol–water partition coefficient (Wildman–Crippen LogP) is 1.53. The predicted molar refractivity (Wildman–Crippen MR) is 50.3 cm³/mol. The van der Waals surface area contributed by atoms with Crippen molar-refractivity contribution in [1.82, 2.24) is 5.32 Å². The Hall–Kier alpha value is -0.380. The lowest BCUT2D eigenvalue weighted by Gasteiger charge is -2.13. The van der Waals surface area contributed by atoms with Crippen LogP contribution in [-0.4, -0.2) is 17.8 Å². The molecule has 2 rings (SSSR count). The largest absolute Gasteiger partial charge is 0.394 e. The molecule has 1 aliphatic carbocycles. The Bertz CT molecular complexity index is 231. The van der Waals surface area contributed by atoms with Gasteiger partial charge in [0.2, 0.25) is 0 Å². The molecule has 1 aromatic heterocycles. The van der Waals surface area contributed by atoms with Crippen molar-refractivity contribution in [1.29, 1.82) is 0 Å². The van der Waals surface area contributed by atoms with E-state index in [1.165, 1.54) is 17.7 Å². The molecule has 0 spiro atoms. The highest BCUT2D eigenvalue weighted by Crippen LogP contribution is 2.25. The van der Waals surface area contributed by atoms with Gasteiger partial charge in [0.25, 0.3) is 0 Å². The number of aliphatic hydroxyl groups excluding tert-OH is 1. The van der Waals surface area contributed by atoms with Crippen molar-refractivity contribution in [2.24, 2.45) is 0 Å². The Labute approximate surface area is 76.2 Å². The van der Waals surface area contributed by atoms with Crippen molar-refractivity contribution in [2.45, 2.75) is 24.9 Å². The molecule has 1 fully saturated rings. The molecule has 1 aromatic rings. The minimum atomic E-state index is 0.164. The zero-order chi connectivity index (χ0) is 8.39. The summed E-state index contributed by atoms with van der Waals surface area (Å²) < 4.78 is 0.